The van der Waals surface area contributed by atoms with Crippen LogP contribution in [-0.2, 0) is 17.6 Å². The Bertz CT molecular complexity index is 562. The second-order valence-corrected chi connectivity index (χ2v) is 8.09. The zero-order valence-electron chi connectivity index (χ0n) is 13.5. The largest absolute Gasteiger partial charge is 0.481 e. The molecule has 0 unspecified atom stereocenters. The molecule has 126 valence electrons. The van der Waals surface area contributed by atoms with E-state index in [4.69, 9.17) is 0 Å². The summed E-state index contributed by atoms with van der Waals surface area (Å²) in [7, 11) is 0. The summed E-state index contributed by atoms with van der Waals surface area (Å²) in [6, 6.07) is 2.03. The molecule has 1 heterocycles. The van der Waals surface area contributed by atoms with E-state index in [0.717, 1.165) is 30.6 Å². The van der Waals surface area contributed by atoms with Gasteiger partial charge in [-0.1, -0.05) is 25.7 Å². The summed E-state index contributed by atoms with van der Waals surface area (Å²) >= 11 is 1.60. The second kappa shape index (κ2) is 7.04. The van der Waals surface area contributed by atoms with Crippen LogP contribution in [0.5, 0.6) is 0 Å². The Kier molecular flexibility index (Phi) is 5.05. The third-order valence-corrected chi connectivity index (χ3v) is 6.56. The number of carbonyl (C=O) groups excluding carboxylic acids is 1. The molecule has 0 radical (unpaired) electrons. The first-order chi connectivity index (χ1) is 11.1. The highest BCUT2D eigenvalue weighted by Crippen LogP contribution is 2.38. The van der Waals surface area contributed by atoms with Gasteiger partial charge in [-0.05, 0) is 50.2 Å². The summed E-state index contributed by atoms with van der Waals surface area (Å²) in [4.78, 5) is 26.1. The Morgan fingerprint density at radius 2 is 1.78 bits per heavy atom. The average molecular weight is 335 g/mol. The van der Waals surface area contributed by atoms with E-state index in [1.54, 1.807) is 11.3 Å². The number of carboxylic acids is 1. The van der Waals surface area contributed by atoms with Crippen LogP contribution in [0.25, 0.3) is 0 Å². The van der Waals surface area contributed by atoms with Crippen molar-refractivity contribution in [3.05, 3.63) is 21.4 Å². The number of carbonyl (C=O) groups is 2. The molecule has 0 atom stereocenters. The van der Waals surface area contributed by atoms with Crippen LogP contribution in [0.3, 0.4) is 0 Å². The lowest BCUT2D eigenvalue weighted by atomic mass is 9.86. The molecule has 5 heteroatoms. The van der Waals surface area contributed by atoms with Gasteiger partial charge in [0, 0.05) is 11.4 Å². The molecule has 2 aliphatic rings. The number of aryl methyl sites for hydroxylation is 2. The van der Waals surface area contributed by atoms with Gasteiger partial charge in [0.1, 0.15) is 0 Å². The van der Waals surface area contributed by atoms with Crippen molar-refractivity contribution in [2.24, 2.45) is 5.41 Å². The minimum Gasteiger partial charge on any atom is -0.481 e. The fourth-order valence-corrected chi connectivity index (χ4v) is 4.98. The van der Waals surface area contributed by atoms with Gasteiger partial charge in [-0.2, -0.15) is 0 Å². The van der Waals surface area contributed by atoms with Crippen LogP contribution in [0, 0.1) is 5.41 Å². The highest BCUT2D eigenvalue weighted by Gasteiger charge is 2.41. The molecular formula is C18H25NO3S. The Morgan fingerprint density at radius 3 is 2.48 bits per heavy atom. The summed E-state index contributed by atoms with van der Waals surface area (Å²) < 4.78 is 0. The number of carboxylic acid groups (broad SMARTS) is 1. The standard InChI is InChI=1S/C18H25NO3S/c20-16(19-12-18(17(21)22)9-5-6-10-18)15-11-13-7-3-1-2-4-8-14(13)23-15/h11H,1-10,12H2,(H,19,20)(H,21,22). The Labute approximate surface area is 141 Å². The highest BCUT2D eigenvalue weighted by atomic mass is 32.1. The van der Waals surface area contributed by atoms with Crippen molar-refractivity contribution in [1.82, 2.24) is 5.32 Å². The molecule has 2 N–H and O–H groups in total. The van der Waals surface area contributed by atoms with Crippen LogP contribution in [0.1, 0.15) is 71.5 Å². The van der Waals surface area contributed by atoms with Gasteiger partial charge in [0.25, 0.3) is 5.91 Å². The SMILES string of the molecule is O=C(NCC1(C(=O)O)CCCC1)c1cc2c(s1)CCCCCC2. The number of nitrogens with one attached hydrogen (secondary N) is 1. The molecule has 0 bridgehead atoms. The van der Waals surface area contributed by atoms with Gasteiger partial charge in [0.05, 0.1) is 10.3 Å². The van der Waals surface area contributed by atoms with Gasteiger partial charge in [-0.25, -0.2) is 0 Å². The van der Waals surface area contributed by atoms with Crippen molar-refractivity contribution in [3.63, 3.8) is 0 Å². The third kappa shape index (κ3) is 3.60. The monoisotopic (exact) mass is 335 g/mol. The number of thiophene rings is 1. The minimum absolute atomic E-state index is 0.103. The number of amides is 1. The number of aliphatic carboxylic acids is 1. The predicted molar refractivity (Wildman–Crippen MR) is 91.1 cm³/mol. The average Bonchev–Trinajstić information content (AvgIpc) is 3.13. The summed E-state index contributed by atoms with van der Waals surface area (Å²) in [6.07, 6.45) is 10.3. The number of rotatable bonds is 4. The molecule has 4 nitrogen and oxygen atoms in total. The van der Waals surface area contributed by atoms with Crippen LogP contribution in [0.2, 0.25) is 0 Å². The van der Waals surface area contributed by atoms with Crippen molar-refractivity contribution >= 4 is 23.2 Å². The summed E-state index contributed by atoms with van der Waals surface area (Å²) in [5.74, 6) is -0.872. The molecule has 2 aliphatic carbocycles. The first-order valence-electron chi connectivity index (χ1n) is 8.74. The Balaban J connectivity index is 1.66. The van der Waals surface area contributed by atoms with Crippen LogP contribution >= 0.6 is 11.3 Å². The summed E-state index contributed by atoms with van der Waals surface area (Å²) in [5, 5.41) is 12.4. The molecule has 3 rings (SSSR count). The first kappa shape index (κ1) is 16.5. The van der Waals surface area contributed by atoms with Crippen LogP contribution in [0.15, 0.2) is 6.07 Å². The van der Waals surface area contributed by atoms with Gasteiger partial charge >= 0.3 is 5.97 Å². The number of hydrogen-bond donors (Lipinski definition) is 2. The normalized spacial score (nSPS) is 20.3. The summed E-state index contributed by atoms with van der Waals surface area (Å²) in [5.41, 5.74) is 0.579. The molecule has 0 aromatic carbocycles. The van der Waals surface area contributed by atoms with E-state index in [0.29, 0.717) is 12.8 Å². The molecule has 1 fully saturated rings. The Hall–Kier alpha value is -1.36. The van der Waals surface area contributed by atoms with Crippen molar-refractivity contribution in [1.29, 1.82) is 0 Å². The van der Waals surface area contributed by atoms with E-state index in [-0.39, 0.29) is 12.5 Å². The molecule has 0 saturated heterocycles. The van der Waals surface area contributed by atoms with Crippen LogP contribution in [0.4, 0.5) is 0 Å². The van der Waals surface area contributed by atoms with E-state index in [1.165, 1.54) is 36.1 Å². The topological polar surface area (TPSA) is 66.4 Å². The van der Waals surface area contributed by atoms with Gasteiger partial charge < -0.3 is 10.4 Å². The van der Waals surface area contributed by atoms with Crippen LogP contribution < -0.4 is 5.32 Å². The van der Waals surface area contributed by atoms with Gasteiger partial charge in [-0.3, -0.25) is 9.59 Å². The lowest BCUT2D eigenvalue weighted by molar-refractivity contribution is -0.148. The van der Waals surface area contributed by atoms with Gasteiger partial charge in [0.15, 0.2) is 0 Å². The molecule has 1 amide bonds. The highest BCUT2D eigenvalue weighted by molar-refractivity contribution is 7.14. The van der Waals surface area contributed by atoms with E-state index in [2.05, 4.69) is 5.32 Å². The quantitative estimate of drug-likeness (QED) is 0.880. The number of hydrogen-bond acceptors (Lipinski definition) is 3. The van der Waals surface area contributed by atoms with Crippen molar-refractivity contribution in [3.8, 4) is 0 Å². The first-order valence-corrected chi connectivity index (χ1v) is 9.56. The molecule has 1 aromatic rings. The van der Waals surface area contributed by atoms with Gasteiger partial charge in [0.2, 0.25) is 0 Å². The molecule has 23 heavy (non-hydrogen) atoms. The van der Waals surface area contributed by atoms with Crippen molar-refractivity contribution in [2.45, 2.75) is 64.2 Å². The molecular weight excluding hydrogens is 310 g/mol. The van der Waals surface area contributed by atoms with E-state index in [1.807, 2.05) is 6.07 Å². The minimum atomic E-state index is -0.770. The fraction of sp³-hybridized carbons (Fsp3) is 0.667. The lowest BCUT2D eigenvalue weighted by Gasteiger charge is -2.23. The van der Waals surface area contributed by atoms with E-state index >= 15 is 0 Å². The smallest absolute Gasteiger partial charge is 0.311 e. The molecule has 0 aliphatic heterocycles. The van der Waals surface area contributed by atoms with Gasteiger partial charge in [-0.15, -0.1) is 11.3 Å². The van der Waals surface area contributed by atoms with Crippen LogP contribution in [-0.4, -0.2) is 23.5 Å². The van der Waals surface area contributed by atoms with Crippen molar-refractivity contribution < 1.29 is 14.7 Å². The maximum Gasteiger partial charge on any atom is 0.311 e. The predicted octanol–water partition coefficient (Wildman–Crippen LogP) is 3.78. The molecule has 1 aromatic heterocycles. The maximum absolute atomic E-state index is 12.5. The zero-order chi connectivity index (χ0) is 16.3. The number of fused-ring (bicyclic) bond motifs is 1. The summed E-state index contributed by atoms with van der Waals surface area (Å²) in [6.45, 7) is 0.254. The third-order valence-electron chi connectivity index (χ3n) is 5.32. The Morgan fingerprint density at radius 1 is 1.09 bits per heavy atom. The molecule has 0 spiro atoms. The lowest BCUT2D eigenvalue weighted by Crippen LogP contribution is -2.41. The van der Waals surface area contributed by atoms with E-state index in [9.17, 15) is 14.7 Å². The second-order valence-electron chi connectivity index (χ2n) is 6.95. The maximum atomic E-state index is 12.5. The fourth-order valence-electron chi connectivity index (χ4n) is 3.81. The zero-order valence-corrected chi connectivity index (χ0v) is 14.3. The van der Waals surface area contributed by atoms with E-state index < -0.39 is 11.4 Å². The van der Waals surface area contributed by atoms with Crippen molar-refractivity contribution in [2.75, 3.05) is 6.54 Å². The molecule has 1 saturated carbocycles.